The molecule has 1 nitrogen and oxygen atoms in total. The van der Waals surface area contributed by atoms with Gasteiger partial charge >= 0.3 is 0 Å². The van der Waals surface area contributed by atoms with Gasteiger partial charge in [0.05, 0.1) is 0 Å². The van der Waals surface area contributed by atoms with Crippen LogP contribution in [0, 0.1) is 0 Å². The lowest BCUT2D eigenvalue weighted by Crippen LogP contribution is -2.36. The lowest BCUT2D eigenvalue weighted by atomic mass is 10.1. The van der Waals surface area contributed by atoms with Gasteiger partial charge in [0.15, 0.2) is 0 Å². The Kier molecular flexibility index (Phi) is 12.0. The standard InChI is InChI=1S/C14H31NS/c1-4-7-11-15(12-8-5-2)14(6-3)10-9-13-16/h14,16H,4-13H2,1-3H3. The van der Waals surface area contributed by atoms with Crippen molar-refractivity contribution in [1.29, 1.82) is 0 Å². The molecule has 0 saturated heterocycles. The Balaban J connectivity index is 4.06. The molecule has 0 spiro atoms. The fourth-order valence-electron chi connectivity index (χ4n) is 2.17. The van der Waals surface area contributed by atoms with Crippen molar-refractivity contribution in [3.05, 3.63) is 0 Å². The van der Waals surface area contributed by atoms with Crippen molar-refractivity contribution in [2.75, 3.05) is 18.8 Å². The van der Waals surface area contributed by atoms with Gasteiger partial charge in [-0.2, -0.15) is 12.6 Å². The van der Waals surface area contributed by atoms with Crippen molar-refractivity contribution in [2.24, 2.45) is 0 Å². The number of hydrogen-bond donors (Lipinski definition) is 1. The molecule has 0 rings (SSSR count). The molecule has 0 bridgehead atoms. The number of nitrogens with zero attached hydrogens (tertiary/aromatic N) is 1. The van der Waals surface area contributed by atoms with Gasteiger partial charge in [0, 0.05) is 6.04 Å². The third-order valence-electron chi connectivity index (χ3n) is 3.28. The second kappa shape index (κ2) is 11.8. The van der Waals surface area contributed by atoms with Crippen LogP contribution >= 0.6 is 12.6 Å². The summed E-state index contributed by atoms with van der Waals surface area (Å²) in [6, 6.07) is 0.797. The Morgan fingerprint density at radius 1 is 0.938 bits per heavy atom. The quantitative estimate of drug-likeness (QED) is 0.529. The minimum Gasteiger partial charge on any atom is -0.300 e. The molecule has 1 unspecified atom stereocenters. The first-order valence-corrected chi connectivity index (χ1v) is 7.78. The summed E-state index contributed by atoms with van der Waals surface area (Å²) < 4.78 is 0. The zero-order valence-corrected chi connectivity index (χ0v) is 12.4. The van der Waals surface area contributed by atoms with Crippen LogP contribution in [0.5, 0.6) is 0 Å². The van der Waals surface area contributed by atoms with Crippen LogP contribution in [0.2, 0.25) is 0 Å². The normalized spacial score (nSPS) is 13.3. The zero-order valence-electron chi connectivity index (χ0n) is 11.5. The molecule has 0 radical (unpaired) electrons. The van der Waals surface area contributed by atoms with Crippen molar-refractivity contribution < 1.29 is 0 Å². The number of thiol groups is 1. The van der Waals surface area contributed by atoms with Gasteiger partial charge in [-0.3, -0.25) is 0 Å². The zero-order chi connectivity index (χ0) is 12.2. The van der Waals surface area contributed by atoms with Gasteiger partial charge in [-0.1, -0.05) is 33.6 Å². The summed E-state index contributed by atoms with van der Waals surface area (Å²) in [6.45, 7) is 9.48. The minimum absolute atomic E-state index is 0.797. The monoisotopic (exact) mass is 245 g/mol. The summed E-state index contributed by atoms with van der Waals surface area (Å²) in [5, 5.41) is 0. The van der Waals surface area contributed by atoms with Crippen LogP contribution in [0.15, 0.2) is 0 Å². The van der Waals surface area contributed by atoms with Crippen LogP contribution in [0.25, 0.3) is 0 Å². The molecule has 0 aromatic carbocycles. The van der Waals surface area contributed by atoms with Crippen LogP contribution in [0.3, 0.4) is 0 Å². The lowest BCUT2D eigenvalue weighted by Gasteiger charge is -2.31. The Bertz CT molecular complexity index is 131. The Hall–Kier alpha value is 0.310. The molecule has 98 valence electrons. The van der Waals surface area contributed by atoms with Gasteiger partial charge in [-0.05, 0) is 50.9 Å². The molecule has 0 aliphatic heterocycles. The maximum absolute atomic E-state index is 4.33. The van der Waals surface area contributed by atoms with E-state index in [1.165, 1.54) is 58.0 Å². The summed E-state index contributed by atoms with van der Waals surface area (Å²) in [5.74, 6) is 1.03. The van der Waals surface area contributed by atoms with E-state index in [0.29, 0.717) is 0 Å². The highest BCUT2D eigenvalue weighted by Gasteiger charge is 2.14. The van der Waals surface area contributed by atoms with Gasteiger partial charge in [0.1, 0.15) is 0 Å². The summed E-state index contributed by atoms with van der Waals surface area (Å²) >= 11 is 4.33. The average molecular weight is 245 g/mol. The molecule has 0 heterocycles. The SMILES string of the molecule is CCCCN(CCCC)C(CC)CCCS. The molecule has 0 fully saturated rings. The predicted octanol–water partition coefficient (Wildman–Crippen LogP) is 4.38. The fraction of sp³-hybridized carbons (Fsp3) is 1.00. The Labute approximate surface area is 108 Å². The van der Waals surface area contributed by atoms with E-state index in [-0.39, 0.29) is 0 Å². The summed E-state index contributed by atoms with van der Waals surface area (Å²) in [7, 11) is 0. The first-order valence-electron chi connectivity index (χ1n) is 7.14. The highest BCUT2D eigenvalue weighted by Crippen LogP contribution is 2.14. The Morgan fingerprint density at radius 3 is 1.88 bits per heavy atom. The molecule has 0 aromatic rings. The largest absolute Gasteiger partial charge is 0.300 e. The van der Waals surface area contributed by atoms with E-state index in [0.717, 1.165) is 11.8 Å². The molecule has 0 N–H and O–H groups in total. The van der Waals surface area contributed by atoms with E-state index in [1.807, 2.05) is 0 Å². The summed E-state index contributed by atoms with van der Waals surface area (Å²) in [4.78, 5) is 2.72. The molecule has 16 heavy (non-hydrogen) atoms. The van der Waals surface area contributed by atoms with Crippen molar-refractivity contribution in [1.82, 2.24) is 4.90 Å². The van der Waals surface area contributed by atoms with Crippen molar-refractivity contribution in [3.63, 3.8) is 0 Å². The van der Waals surface area contributed by atoms with E-state index in [4.69, 9.17) is 0 Å². The van der Waals surface area contributed by atoms with E-state index in [2.05, 4.69) is 38.3 Å². The van der Waals surface area contributed by atoms with E-state index in [1.54, 1.807) is 0 Å². The van der Waals surface area contributed by atoms with Crippen LogP contribution in [-0.4, -0.2) is 29.8 Å². The second-order valence-electron chi connectivity index (χ2n) is 4.67. The highest BCUT2D eigenvalue weighted by atomic mass is 32.1. The van der Waals surface area contributed by atoms with Crippen molar-refractivity contribution in [3.8, 4) is 0 Å². The number of hydrogen-bond acceptors (Lipinski definition) is 2. The topological polar surface area (TPSA) is 3.24 Å². The van der Waals surface area contributed by atoms with Crippen molar-refractivity contribution >= 4 is 12.6 Å². The van der Waals surface area contributed by atoms with E-state index in [9.17, 15) is 0 Å². The molecule has 0 aliphatic carbocycles. The molecule has 0 aliphatic rings. The molecule has 2 heteroatoms. The first kappa shape index (κ1) is 16.3. The van der Waals surface area contributed by atoms with Crippen LogP contribution in [-0.2, 0) is 0 Å². The van der Waals surface area contributed by atoms with Gasteiger partial charge in [-0.15, -0.1) is 0 Å². The predicted molar refractivity (Wildman–Crippen MR) is 78.6 cm³/mol. The lowest BCUT2D eigenvalue weighted by molar-refractivity contribution is 0.175. The van der Waals surface area contributed by atoms with Gasteiger partial charge in [-0.25, -0.2) is 0 Å². The smallest absolute Gasteiger partial charge is 0.00929 e. The maximum Gasteiger partial charge on any atom is 0.00929 e. The summed E-state index contributed by atoms with van der Waals surface area (Å²) in [6.07, 6.45) is 9.20. The van der Waals surface area contributed by atoms with Crippen molar-refractivity contribution in [2.45, 2.75) is 71.8 Å². The molecule has 0 aromatic heterocycles. The molecular weight excluding hydrogens is 214 g/mol. The third-order valence-corrected chi connectivity index (χ3v) is 3.60. The third kappa shape index (κ3) is 7.56. The van der Waals surface area contributed by atoms with Crippen LogP contribution in [0.1, 0.15) is 65.7 Å². The van der Waals surface area contributed by atoms with Gasteiger partial charge < -0.3 is 4.90 Å². The first-order chi connectivity index (χ1) is 7.79. The molecular formula is C14H31NS. The second-order valence-corrected chi connectivity index (χ2v) is 5.12. The highest BCUT2D eigenvalue weighted by molar-refractivity contribution is 7.80. The average Bonchev–Trinajstić information content (AvgIpc) is 2.32. The van der Waals surface area contributed by atoms with Gasteiger partial charge in [0.2, 0.25) is 0 Å². The fourth-order valence-corrected chi connectivity index (χ4v) is 2.35. The Morgan fingerprint density at radius 2 is 1.50 bits per heavy atom. The number of rotatable bonds is 11. The van der Waals surface area contributed by atoms with Crippen LogP contribution in [0.4, 0.5) is 0 Å². The van der Waals surface area contributed by atoms with E-state index < -0.39 is 0 Å². The van der Waals surface area contributed by atoms with Gasteiger partial charge in [0.25, 0.3) is 0 Å². The molecule has 0 saturated carbocycles. The minimum atomic E-state index is 0.797. The molecule has 0 amide bonds. The van der Waals surface area contributed by atoms with E-state index >= 15 is 0 Å². The van der Waals surface area contributed by atoms with Crippen LogP contribution < -0.4 is 0 Å². The maximum atomic E-state index is 4.33. The number of unbranched alkanes of at least 4 members (excludes halogenated alkanes) is 2. The summed E-state index contributed by atoms with van der Waals surface area (Å²) in [5.41, 5.74) is 0. The molecule has 1 atom stereocenters.